The normalized spacial score (nSPS) is 10.7. The molecule has 0 radical (unpaired) electrons. The van der Waals surface area contributed by atoms with Crippen LogP contribution in [0.1, 0.15) is 20.2 Å². The summed E-state index contributed by atoms with van der Waals surface area (Å²) < 4.78 is 1.27. The molecular weight excluding hydrogens is 300 g/mol. The molecule has 17 heavy (non-hydrogen) atoms. The number of aromatic nitrogens is 2. The summed E-state index contributed by atoms with van der Waals surface area (Å²) >= 11 is 9.83. The van der Waals surface area contributed by atoms with Gasteiger partial charge in [-0.25, -0.2) is 14.8 Å². The minimum Gasteiger partial charge on any atom is -0.477 e. The predicted octanol–water partition coefficient (Wildman–Crippen LogP) is 3.55. The van der Waals surface area contributed by atoms with Gasteiger partial charge in [0.25, 0.3) is 0 Å². The van der Waals surface area contributed by atoms with Gasteiger partial charge in [0.2, 0.25) is 0 Å². The van der Waals surface area contributed by atoms with Gasteiger partial charge in [0, 0.05) is 16.8 Å². The summed E-state index contributed by atoms with van der Waals surface area (Å²) in [6.45, 7) is 1.70. The second-order valence-corrected chi connectivity index (χ2v) is 6.99. The molecule has 4 nitrogen and oxygen atoms in total. The lowest BCUT2D eigenvalue weighted by Gasteiger charge is -1.91. The third-order valence-corrected chi connectivity index (χ3v) is 5.47. The molecule has 8 heteroatoms. The molecule has 0 saturated heterocycles. The van der Waals surface area contributed by atoms with Crippen molar-refractivity contribution in [1.29, 1.82) is 0 Å². The molecule has 0 fully saturated rings. The number of carboxylic acids is 1. The first-order valence-corrected chi connectivity index (χ1v) is 7.49. The van der Waals surface area contributed by atoms with Gasteiger partial charge in [-0.15, -0.1) is 22.7 Å². The standard InChI is InChI=1S/C9H7ClN2O2S3/c1-4-6(7(13)14)17-9(12-4)15-3-5-2-11-8(10)16-5/h2H,3H2,1H3,(H,13,14). The summed E-state index contributed by atoms with van der Waals surface area (Å²) in [7, 11) is 0. The van der Waals surface area contributed by atoms with Gasteiger partial charge < -0.3 is 5.11 Å². The van der Waals surface area contributed by atoms with Gasteiger partial charge in [-0.1, -0.05) is 23.4 Å². The van der Waals surface area contributed by atoms with Crippen LogP contribution in [0.25, 0.3) is 0 Å². The van der Waals surface area contributed by atoms with E-state index < -0.39 is 5.97 Å². The first-order valence-electron chi connectivity index (χ1n) is 4.50. The smallest absolute Gasteiger partial charge is 0.347 e. The Morgan fingerprint density at radius 3 is 2.88 bits per heavy atom. The first-order chi connectivity index (χ1) is 8.06. The van der Waals surface area contributed by atoms with Crippen LogP contribution in [0.2, 0.25) is 4.47 Å². The average Bonchev–Trinajstić information content (AvgIpc) is 2.82. The number of nitrogens with zero attached hydrogens (tertiary/aromatic N) is 2. The van der Waals surface area contributed by atoms with E-state index in [0.29, 0.717) is 20.8 Å². The lowest BCUT2D eigenvalue weighted by molar-refractivity contribution is 0.0701. The van der Waals surface area contributed by atoms with Crippen molar-refractivity contribution in [3.63, 3.8) is 0 Å². The minimum atomic E-state index is -0.923. The Labute approximate surface area is 115 Å². The third kappa shape index (κ3) is 3.19. The van der Waals surface area contributed by atoms with Gasteiger partial charge in [0.15, 0.2) is 8.81 Å². The van der Waals surface area contributed by atoms with E-state index in [4.69, 9.17) is 16.7 Å². The van der Waals surface area contributed by atoms with E-state index in [2.05, 4.69) is 9.97 Å². The van der Waals surface area contributed by atoms with E-state index in [-0.39, 0.29) is 0 Å². The Kier molecular flexibility index (Phi) is 4.03. The van der Waals surface area contributed by atoms with Crippen LogP contribution in [0.3, 0.4) is 0 Å². The number of hydrogen-bond donors (Lipinski definition) is 1. The Hall–Kier alpha value is -0.630. The molecule has 0 aliphatic carbocycles. The quantitative estimate of drug-likeness (QED) is 0.875. The molecule has 0 aliphatic rings. The second kappa shape index (κ2) is 5.34. The van der Waals surface area contributed by atoms with E-state index in [1.807, 2.05) is 0 Å². The third-order valence-electron chi connectivity index (χ3n) is 1.83. The highest BCUT2D eigenvalue weighted by Crippen LogP contribution is 2.31. The molecule has 90 valence electrons. The number of halogens is 1. The highest BCUT2D eigenvalue weighted by molar-refractivity contribution is 8.00. The molecule has 2 rings (SSSR count). The van der Waals surface area contributed by atoms with Crippen molar-refractivity contribution in [3.05, 3.63) is 26.1 Å². The number of hydrogen-bond acceptors (Lipinski definition) is 6. The Morgan fingerprint density at radius 1 is 1.59 bits per heavy atom. The lowest BCUT2D eigenvalue weighted by Crippen LogP contribution is -1.94. The van der Waals surface area contributed by atoms with E-state index in [1.54, 1.807) is 13.1 Å². The highest BCUT2D eigenvalue weighted by Gasteiger charge is 2.14. The number of thioether (sulfide) groups is 1. The average molecular weight is 307 g/mol. The Morgan fingerprint density at radius 2 is 2.35 bits per heavy atom. The fourth-order valence-electron chi connectivity index (χ4n) is 1.12. The summed E-state index contributed by atoms with van der Waals surface area (Å²) in [5.41, 5.74) is 0.562. The molecule has 0 bridgehead atoms. The maximum atomic E-state index is 10.8. The lowest BCUT2D eigenvalue weighted by atomic mass is 10.4. The molecule has 0 aliphatic heterocycles. The van der Waals surface area contributed by atoms with Crippen LogP contribution in [-0.4, -0.2) is 21.0 Å². The van der Waals surface area contributed by atoms with Crippen molar-refractivity contribution in [2.45, 2.75) is 17.0 Å². The summed E-state index contributed by atoms with van der Waals surface area (Å²) in [5.74, 6) is -0.219. The Balaban J connectivity index is 2.04. The largest absolute Gasteiger partial charge is 0.477 e. The summed E-state index contributed by atoms with van der Waals surface area (Å²) in [6, 6.07) is 0. The maximum absolute atomic E-state index is 10.8. The zero-order valence-electron chi connectivity index (χ0n) is 8.64. The molecule has 0 unspecified atom stereocenters. The number of aryl methyl sites for hydroxylation is 1. The van der Waals surface area contributed by atoms with E-state index in [0.717, 1.165) is 9.22 Å². The van der Waals surface area contributed by atoms with Crippen LogP contribution in [0.4, 0.5) is 0 Å². The number of aromatic carboxylic acids is 1. The van der Waals surface area contributed by atoms with E-state index in [9.17, 15) is 4.79 Å². The van der Waals surface area contributed by atoms with Crippen molar-refractivity contribution in [3.8, 4) is 0 Å². The van der Waals surface area contributed by atoms with E-state index >= 15 is 0 Å². The number of rotatable bonds is 4. The number of carboxylic acid groups (broad SMARTS) is 1. The van der Waals surface area contributed by atoms with Gasteiger partial charge in [-0.05, 0) is 6.92 Å². The van der Waals surface area contributed by atoms with Crippen molar-refractivity contribution < 1.29 is 9.90 Å². The van der Waals surface area contributed by atoms with Crippen LogP contribution < -0.4 is 0 Å². The highest BCUT2D eigenvalue weighted by atomic mass is 35.5. The van der Waals surface area contributed by atoms with E-state index in [1.165, 1.54) is 34.4 Å². The summed E-state index contributed by atoms with van der Waals surface area (Å²) in [6.07, 6.45) is 1.72. The van der Waals surface area contributed by atoms with Crippen molar-refractivity contribution >= 4 is 52.0 Å². The minimum absolute atomic E-state index is 0.301. The summed E-state index contributed by atoms with van der Waals surface area (Å²) in [4.78, 5) is 20.3. The van der Waals surface area contributed by atoms with Crippen molar-refractivity contribution in [2.24, 2.45) is 0 Å². The number of carbonyl (C=O) groups is 1. The predicted molar refractivity (Wildman–Crippen MR) is 70.5 cm³/mol. The molecule has 1 N–H and O–H groups in total. The molecule has 2 aromatic rings. The zero-order valence-corrected chi connectivity index (χ0v) is 11.8. The number of thiazole rings is 2. The van der Waals surface area contributed by atoms with Gasteiger partial charge in [0.05, 0.1) is 5.69 Å². The molecule has 0 spiro atoms. The zero-order chi connectivity index (χ0) is 12.4. The monoisotopic (exact) mass is 306 g/mol. The second-order valence-electron chi connectivity index (χ2n) is 3.07. The maximum Gasteiger partial charge on any atom is 0.347 e. The van der Waals surface area contributed by atoms with Crippen LogP contribution in [-0.2, 0) is 5.75 Å². The topological polar surface area (TPSA) is 63.1 Å². The van der Waals surface area contributed by atoms with Crippen LogP contribution >= 0.6 is 46.0 Å². The van der Waals surface area contributed by atoms with Gasteiger partial charge in [-0.3, -0.25) is 0 Å². The molecule has 0 atom stereocenters. The van der Waals surface area contributed by atoms with Crippen LogP contribution in [0.5, 0.6) is 0 Å². The fraction of sp³-hybridized carbons (Fsp3) is 0.222. The van der Waals surface area contributed by atoms with Gasteiger partial charge in [0.1, 0.15) is 4.88 Å². The molecular formula is C9H7ClN2O2S3. The molecule has 0 aromatic carbocycles. The summed E-state index contributed by atoms with van der Waals surface area (Å²) in [5, 5.41) is 8.90. The molecule has 0 amide bonds. The molecule has 2 heterocycles. The molecule has 0 saturated carbocycles. The SMILES string of the molecule is Cc1nc(SCc2cnc(Cl)s2)sc1C(=O)O. The molecule has 2 aromatic heterocycles. The first kappa shape index (κ1) is 12.8. The van der Waals surface area contributed by atoms with Crippen molar-refractivity contribution in [1.82, 2.24) is 9.97 Å². The van der Waals surface area contributed by atoms with Gasteiger partial charge >= 0.3 is 5.97 Å². The fourth-order valence-corrected chi connectivity index (χ4v) is 4.14. The van der Waals surface area contributed by atoms with Crippen LogP contribution in [0, 0.1) is 6.92 Å². The van der Waals surface area contributed by atoms with Gasteiger partial charge in [-0.2, -0.15) is 0 Å². The van der Waals surface area contributed by atoms with Crippen molar-refractivity contribution in [2.75, 3.05) is 0 Å². The van der Waals surface area contributed by atoms with Crippen LogP contribution in [0.15, 0.2) is 10.5 Å². The Bertz CT molecular complexity index is 552.